The Labute approximate surface area is 118 Å². The molecule has 0 saturated carbocycles. The van der Waals surface area contributed by atoms with E-state index in [-0.39, 0.29) is 6.61 Å². The first kappa shape index (κ1) is 13.8. The van der Waals surface area contributed by atoms with Crippen LogP contribution in [0, 0.1) is 12.7 Å². The summed E-state index contributed by atoms with van der Waals surface area (Å²) in [4.78, 5) is 13.1. The van der Waals surface area contributed by atoms with Crippen LogP contribution in [0.3, 0.4) is 0 Å². The summed E-state index contributed by atoms with van der Waals surface area (Å²) in [7, 11) is 0. The molecule has 1 aromatic carbocycles. The third-order valence-electron chi connectivity index (χ3n) is 2.52. The van der Waals surface area contributed by atoms with E-state index >= 15 is 0 Å². The van der Waals surface area contributed by atoms with Crippen LogP contribution >= 0.6 is 22.9 Å². The van der Waals surface area contributed by atoms with Crippen LogP contribution in [0.2, 0.25) is 5.02 Å². The lowest BCUT2D eigenvalue weighted by Gasteiger charge is -2.05. The van der Waals surface area contributed by atoms with Crippen LogP contribution in [-0.2, 0) is 11.3 Å². The third-order valence-corrected chi connectivity index (χ3v) is 3.94. The van der Waals surface area contributed by atoms with Crippen molar-refractivity contribution in [3.05, 3.63) is 50.4 Å². The molecule has 2 rings (SSSR count). The predicted molar refractivity (Wildman–Crippen MR) is 74.0 cm³/mol. The van der Waals surface area contributed by atoms with E-state index in [1.165, 1.54) is 29.5 Å². The molecule has 1 heterocycles. The maximum atomic E-state index is 13.0. The molecule has 19 heavy (non-hydrogen) atoms. The molecule has 2 aromatic rings. The molecule has 2 N–H and O–H groups in total. The zero-order valence-corrected chi connectivity index (χ0v) is 11.6. The smallest absolute Gasteiger partial charge is 0.348 e. The van der Waals surface area contributed by atoms with Crippen LogP contribution in [0.5, 0.6) is 0 Å². The van der Waals surface area contributed by atoms with Crippen LogP contribution < -0.4 is 5.73 Å². The number of esters is 1. The van der Waals surface area contributed by atoms with Gasteiger partial charge in [0.25, 0.3) is 0 Å². The first-order valence-corrected chi connectivity index (χ1v) is 6.64. The summed E-state index contributed by atoms with van der Waals surface area (Å²) in [6.07, 6.45) is 0. The minimum absolute atomic E-state index is 0.0771. The van der Waals surface area contributed by atoms with Crippen LogP contribution in [0.25, 0.3) is 0 Å². The largest absolute Gasteiger partial charge is 0.457 e. The number of thiophene rings is 1. The van der Waals surface area contributed by atoms with Gasteiger partial charge in [0.1, 0.15) is 17.3 Å². The minimum atomic E-state index is -0.495. The number of benzene rings is 1. The highest BCUT2D eigenvalue weighted by molar-refractivity contribution is 7.14. The molecule has 0 aliphatic rings. The van der Waals surface area contributed by atoms with E-state index in [4.69, 9.17) is 22.1 Å². The molecular weight excluding hydrogens is 289 g/mol. The number of anilines is 1. The van der Waals surface area contributed by atoms with Gasteiger partial charge in [-0.05, 0) is 31.2 Å². The second-order valence-electron chi connectivity index (χ2n) is 3.93. The lowest BCUT2D eigenvalue weighted by Crippen LogP contribution is -2.03. The Morgan fingerprint density at radius 2 is 2.21 bits per heavy atom. The van der Waals surface area contributed by atoms with E-state index in [1.54, 1.807) is 6.07 Å². The molecule has 0 fully saturated rings. The van der Waals surface area contributed by atoms with Crippen molar-refractivity contribution < 1.29 is 13.9 Å². The fourth-order valence-corrected chi connectivity index (χ4v) is 2.47. The van der Waals surface area contributed by atoms with E-state index in [2.05, 4.69) is 0 Å². The summed E-state index contributed by atoms with van der Waals surface area (Å²) in [6, 6.07) is 5.48. The van der Waals surface area contributed by atoms with Crippen molar-refractivity contribution in [1.82, 2.24) is 0 Å². The van der Waals surface area contributed by atoms with Crippen molar-refractivity contribution in [2.45, 2.75) is 13.5 Å². The number of aryl methyl sites for hydroxylation is 1. The van der Waals surface area contributed by atoms with E-state index < -0.39 is 11.8 Å². The van der Waals surface area contributed by atoms with E-state index in [9.17, 15) is 9.18 Å². The Morgan fingerprint density at radius 1 is 1.47 bits per heavy atom. The van der Waals surface area contributed by atoms with Gasteiger partial charge in [-0.25, -0.2) is 9.18 Å². The van der Waals surface area contributed by atoms with Crippen molar-refractivity contribution in [3.63, 3.8) is 0 Å². The van der Waals surface area contributed by atoms with Gasteiger partial charge in [0.2, 0.25) is 0 Å². The fourth-order valence-electron chi connectivity index (χ4n) is 1.47. The lowest BCUT2D eigenvalue weighted by molar-refractivity contribution is 0.0478. The van der Waals surface area contributed by atoms with Crippen LogP contribution in [0.4, 0.5) is 10.1 Å². The predicted octanol–water partition coefficient (Wildman–Crippen LogP) is 3.79. The maximum Gasteiger partial charge on any atom is 0.348 e. The maximum absolute atomic E-state index is 13.0. The van der Waals surface area contributed by atoms with E-state index in [0.29, 0.717) is 21.2 Å². The summed E-state index contributed by atoms with van der Waals surface area (Å²) in [5.74, 6) is -0.920. The van der Waals surface area contributed by atoms with E-state index in [1.807, 2.05) is 6.92 Å². The van der Waals surface area contributed by atoms with Crippen molar-refractivity contribution in [1.29, 1.82) is 0 Å². The average molecular weight is 300 g/mol. The number of carbonyl (C=O) groups is 1. The lowest BCUT2D eigenvalue weighted by atomic mass is 10.2. The van der Waals surface area contributed by atoms with Gasteiger partial charge in [-0.2, -0.15) is 0 Å². The number of rotatable bonds is 3. The van der Waals surface area contributed by atoms with Gasteiger partial charge < -0.3 is 10.5 Å². The molecule has 0 radical (unpaired) electrons. The quantitative estimate of drug-likeness (QED) is 0.877. The molecule has 0 aliphatic carbocycles. The van der Waals surface area contributed by atoms with Crippen molar-refractivity contribution in [2.75, 3.05) is 5.73 Å². The molecule has 0 amide bonds. The fraction of sp³-hybridized carbons (Fsp3) is 0.154. The van der Waals surface area contributed by atoms with Gasteiger partial charge in [0.15, 0.2) is 0 Å². The number of hydrogen-bond acceptors (Lipinski definition) is 4. The number of halogens is 2. The number of nitrogens with two attached hydrogens (primary N) is 1. The van der Waals surface area contributed by atoms with Crippen molar-refractivity contribution >= 4 is 34.6 Å². The highest BCUT2D eigenvalue weighted by atomic mass is 35.5. The third kappa shape index (κ3) is 3.24. The first-order valence-electron chi connectivity index (χ1n) is 5.44. The molecular formula is C13H11ClFNO2S. The Bertz CT molecular complexity index is 608. The van der Waals surface area contributed by atoms with Gasteiger partial charge in [-0.1, -0.05) is 11.6 Å². The van der Waals surface area contributed by atoms with Gasteiger partial charge in [0.05, 0.1) is 0 Å². The first-order chi connectivity index (χ1) is 8.97. The zero-order valence-electron chi connectivity index (χ0n) is 10.1. The molecule has 3 nitrogen and oxygen atoms in total. The highest BCUT2D eigenvalue weighted by Gasteiger charge is 2.13. The molecule has 0 atom stereocenters. The van der Waals surface area contributed by atoms with Crippen molar-refractivity contribution in [2.24, 2.45) is 0 Å². The van der Waals surface area contributed by atoms with Crippen LogP contribution in [0.1, 0.15) is 20.1 Å². The number of nitrogen functional groups attached to an aromatic ring is 1. The van der Waals surface area contributed by atoms with Gasteiger partial charge in [0, 0.05) is 21.2 Å². The monoisotopic (exact) mass is 299 g/mol. The summed E-state index contributed by atoms with van der Waals surface area (Å²) in [5.41, 5.74) is 6.64. The second-order valence-corrected chi connectivity index (χ2v) is 5.60. The standard InChI is InChI=1S/C13H11ClFNO2S/c1-7-11(16)5-12(19-7)13(17)18-6-8-4-9(15)2-3-10(8)14/h2-5H,6,16H2,1H3. The summed E-state index contributed by atoms with van der Waals surface area (Å²) in [5, 5.41) is 0.357. The van der Waals surface area contributed by atoms with E-state index in [0.717, 1.165) is 4.88 Å². The topological polar surface area (TPSA) is 52.3 Å². The SMILES string of the molecule is Cc1sc(C(=O)OCc2cc(F)ccc2Cl)cc1N. The molecule has 100 valence electrons. The summed E-state index contributed by atoms with van der Waals surface area (Å²) >= 11 is 7.14. The van der Waals surface area contributed by atoms with Gasteiger partial charge in [-0.15, -0.1) is 11.3 Å². The zero-order chi connectivity index (χ0) is 14.0. The number of ether oxygens (including phenoxy) is 1. The van der Waals surface area contributed by atoms with Gasteiger partial charge >= 0.3 is 5.97 Å². The molecule has 0 bridgehead atoms. The Hall–Kier alpha value is -1.59. The molecule has 0 spiro atoms. The van der Waals surface area contributed by atoms with Crippen LogP contribution in [0.15, 0.2) is 24.3 Å². The molecule has 0 saturated heterocycles. The van der Waals surface area contributed by atoms with Crippen molar-refractivity contribution in [3.8, 4) is 0 Å². The Morgan fingerprint density at radius 3 is 2.84 bits per heavy atom. The number of hydrogen-bond donors (Lipinski definition) is 1. The Kier molecular flexibility index (Phi) is 4.07. The molecule has 1 aromatic heterocycles. The molecule has 0 aliphatic heterocycles. The molecule has 0 unspecified atom stereocenters. The summed E-state index contributed by atoms with van der Waals surface area (Å²) < 4.78 is 18.1. The molecule has 6 heteroatoms. The second kappa shape index (κ2) is 5.59. The minimum Gasteiger partial charge on any atom is -0.457 e. The summed E-state index contributed by atoms with van der Waals surface area (Å²) in [6.45, 7) is 1.74. The highest BCUT2D eigenvalue weighted by Crippen LogP contribution is 2.25. The van der Waals surface area contributed by atoms with Gasteiger partial charge in [-0.3, -0.25) is 0 Å². The normalized spacial score (nSPS) is 10.5. The van der Waals surface area contributed by atoms with Crippen LogP contribution in [-0.4, -0.2) is 5.97 Å². The number of carbonyl (C=O) groups excluding carboxylic acids is 1. The Balaban J connectivity index is 2.06. The average Bonchev–Trinajstić information content (AvgIpc) is 2.70.